The number of hydrogen-bond acceptors (Lipinski definition) is 3. The molecule has 3 aromatic rings. The zero-order valence-electron chi connectivity index (χ0n) is 10.6. The van der Waals surface area contributed by atoms with Gasteiger partial charge in [-0.05, 0) is 36.4 Å². The van der Waals surface area contributed by atoms with Crippen molar-refractivity contribution in [2.24, 2.45) is 0 Å². The van der Waals surface area contributed by atoms with Gasteiger partial charge in [-0.1, -0.05) is 6.07 Å². The fourth-order valence-corrected chi connectivity index (χ4v) is 3.02. The Morgan fingerprint density at radius 2 is 1.86 bits per heavy atom. The van der Waals surface area contributed by atoms with Crippen molar-refractivity contribution < 1.29 is 12.8 Å². The van der Waals surface area contributed by atoms with Crippen LogP contribution in [0.2, 0.25) is 0 Å². The number of H-pyrrole nitrogens is 2. The van der Waals surface area contributed by atoms with Gasteiger partial charge >= 0.3 is 0 Å². The molecule has 1 heterocycles. The minimum atomic E-state index is -3.91. The molecule has 6 nitrogen and oxygen atoms in total. The molecule has 0 unspecified atom stereocenters. The predicted molar refractivity (Wildman–Crippen MR) is 76.1 cm³/mol. The van der Waals surface area contributed by atoms with E-state index in [1.807, 2.05) is 0 Å². The number of sulfonamides is 1. The van der Waals surface area contributed by atoms with Gasteiger partial charge in [-0.15, -0.1) is 0 Å². The molecule has 0 spiro atoms. The number of anilines is 1. The van der Waals surface area contributed by atoms with Gasteiger partial charge in [-0.3, -0.25) is 19.7 Å². The Hall–Kier alpha value is -2.61. The Morgan fingerprint density at radius 1 is 1.05 bits per heavy atom. The maximum atomic E-state index is 13.1. The first-order valence-electron chi connectivity index (χ1n) is 5.94. The Morgan fingerprint density at radius 3 is 2.62 bits per heavy atom. The average molecular weight is 307 g/mol. The van der Waals surface area contributed by atoms with E-state index in [1.165, 1.54) is 24.3 Å². The van der Waals surface area contributed by atoms with E-state index in [2.05, 4.69) is 14.9 Å². The van der Waals surface area contributed by atoms with Crippen molar-refractivity contribution in [3.05, 3.63) is 58.6 Å². The number of fused-ring (bicyclic) bond motifs is 1. The van der Waals surface area contributed by atoms with Gasteiger partial charge in [0.15, 0.2) is 0 Å². The smallest absolute Gasteiger partial charge is 0.271 e. The molecular weight excluding hydrogens is 297 g/mol. The van der Waals surface area contributed by atoms with Crippen LogP contribution in [-0.4, -0.2) is 18.6 Å². The molecule has 1 aromatic heterocycles. The lowest BCUT2D eigenvalue weighted by Crippen LogP contribution is -2.13. The zero-order chi connectivity index (χ0) is 15.0. The zero-order valence-corrected chi connectivity index (χ0v) is 11.4. The van der Waals surface area contributed by atoms with Gasteiger partial charge in [0.25, 0.3) is 15.6 Å². The van der Waals surface area contributed by atoms with Crippen LogP contribution in [0.15, 0.2) is 52.2 Å². The largest absolute Gasteiger partial charge is 0.298 e. The third-order valence-corrected chi connectivity index (χ3v) is 4.31. The molecule has 3 N–H and O–H groups in total. The van der Waals surface area contributed by atoms with Crippen LogP contribution in [0, 0.1) is 5.82 Å². The monoisotopic (exact) mass is 307 g/mol. The lowest BCUT2D eigenvalue weighted by Gasteiger charge is -2.08. The van der Waals surface area contributed by atoms with Gasteiger partial charge in [0.05, 0.1) is 15.8 Å². The minimum absolute atomic E-state index is 0.189. The molecule has 0 aliphatic heterocycles. The van der Waals surface area contributed by atoms with E-state index in [-0.39, 0.29) is 16.1 Å². The van der Waals surface area contributed by atoms with E-state index in [4.69, 9.17) is 0 Å². The summed E-state index contributed by atoms with van der Waals surface area (Å²) in [6.07, 6.45) is 0. The molecule has 108 valence electrons. The highest BCUT2D eigenvalue weighted by molar-refractivity contribution is 7.92. The summed E-state index contributed by atoms with van der Waals surface area (Å²) in [6.45, 7) is 0. The summed E-state index contributed by atoms with van der Waals surface area (Å²) in [4.78, 5) is 11.3. The maximum Gasteiger partial charge on any atom is 0.271 e. The molecule has 8 heteroatoms. The molecular formula is C13H10FN3O3S. The number of aromatic nitrogens is 2. The van der Waals surface area contributed by atoms with Crippen molar-refractivity contribution in [1.29, 1.82) is 0 Å². The van der Waals surface area contributed by atoms with E-state index in [1.54, 1.807) is 6.07 Å². The summed E-state index contributed by atoms with van der Waals surface area (Å²) in [7, 11) is -3.91. The van der Waals surface area contributed by atoms with Crippen molar-refractivity contribution in [2.45, 2.75) is 4.90 Å². The van der Waals surface area contributed by atoms with Crippen molar-refractivity contribution in [3.63, 3.8) is 0 Å². The van der Waals surface area contributed by atoms with Crippen molar-refractivity contribution >= 4 is 26.6 Å². The summed E-state index contributed by atoms with van der Waals surface area (Å²) in [6, 6.07) is 9.15. The van der Waals surface area contributed by atoms with Gasteiger partial charge in [0.1, 0.15) is 5.82 Å². The molecule has 3 rings (SSSR count). The fraction of sp³-hybridized carbons (Fsp3) is 0. The molecule has 2 aromatic carbocycles. The summed E-state index contributed by atoms with van der Waals surface area (Å²) in [5.74, 6) is -0.643. The standard InChI is InChI=1S/C13H10FN3O3S/c14-8-2-1-3-10(6-8)21(19,20)17-9-4-5-12-11(7-9)13(18)16-15-12/h1-7,17H,(H2,15,16,18). The minimum Gasteiger partial charge on any atom is -0.298 e. The summed E-state index contributed by atoms with van der Waals surface area (Å²) >= 11 is 0. The van der Waals surface area contributed by atoms with E-state index in [9.17, 15) is 17.6 Å². The molecule has 0 amide bonds. The number of halogens is 1. The van der Waals surface area contributed by atoms with Crippen LogP contribution in [0.4, 0.5) is 10.1 Å². The number of rotatable bonds is 3. The molecule has 21 heavy (non-hydrogen) atoms. The Kier molecular flexibility index (Phi) is 3.02. The van der Waals surface area contributed by atoms with Crippen LogP contribution in [0.1, 0.15) is 0 Å². The fourth-order valence-electron chi connectivity index (χ4n) is 1.94. The van der Waals surface area contributed by atoms with Gasteiger partial charge in [-0.25, -0.2) is 12.8 Å². The van der Waals surface area contributed by atoms with E-state index in [0.717, 1.165) is 12.1 Å². The van der Waals surface area contributed by atoms with Crippen LogP contribution >= 0.6 is 0 Å². The second-order valence-corrected chi connectivity index (χ2v) is 6.08. The molecule has 0 saturated heterocycles. The lowest BCUT2D eigenvalue weighted by molar-refractivity contribution is 0.595. The van der Waals surface area contributed by atoms with Crippen LogP contribution < -0.4 is 10.3 Å². The van der Waals surface area contributed by atoms with Crippen LogP contribution in [0.5, 0.6) is 0 Å². The highest BCUT2D eigenvalue weighted by Gasteiger charge is 2.15. The number of nitrogens with one attached hydrogen (secondary N) is 3. The van der Waals surface area contributed by atoms with Gasteiger partial charge < -0.3 is 0 Å². The highest BCUT2D eigenvalue weighted by Crippen LogP contribution is 2.19. The quantitative estimate of drug-likeness (QED) is 0.688. The molecule has 0 fully saturated rings. The molecule has 0 aliphatic carbocycles. The number of benzene rings is 2. The van der Waals surface area contributed by atoms with Crippen molar-refractivity contribution in [1.82, 2.24) is 10.2 Å². The van der Waals surface area contributed by atoms with E-state index in [0.29, 0.717) is 10.9 Å². The SMILES string of the molecule is O=c1[nH][nH]c2ccc(NS(=O)(=O)c3cccc(F)c3)cc12. The van der Waals surface area contributed by atoms with Gasteiger partial charge in [0.2, 0.25) is 0 Å². The second kappa shape index (κ2) is 4.74. The first-order valence-corrected chi connectivity index (χ1v) is 7.43. The topological polar surface area (TPSA) is 94.8 Å². The van der Waals surface area contributed by atoms with Gasteiger partial charge in [0, 0.05) is 5.69 Å². The predicted octanol–water partition coefficient (Wildman–Crippen LogP) is 1.80. The molecule has 0 saturated carbocycles. The number of aromatic amines is 2. The van der Waals surface area contributed by atoms with Crippen LogP contribution in [0.25, 0.3) is 10.9 Å². The van der Waals surface area contributed by atoms with Crippen molar-refractivity contribution in [3.8, 4) is 0 Å². The molecule has 0 radical (unpaired) electrons. The normalized spacial score (nSPS) is 11.7. The first-order chi connectivity index (χ1) is 9.95. The third kappa shape index (κ3) is 2.52. The lowest BCUT2D eigenvalue weighted by atomic mass is 10.2. The Balaban J connectivity index is 2.00. The number of hydrogen-bond donors (Lipinski definition) is 3. The highest BCUT2D eigenvalue weighted by atomic mass is 32.2. The van der Waals surface area contributed by atoms with Crippen LogP contribution in [-0.2, 0) is 10.0 Å². The second-order valence-electron chi connectivity index (χ2n) is 4.40. The average Bonchev–Trinajstić information content (AvgIpc) is 2.80. The summed E-state index contributed by atoms with van der Waals surface area (Å²) in [5.41, 5.74) is 0.433. The van der Waals surface area contributed by atoms with E-state index >= 15 is 0 Å². The maximum absolute atomic E-state index is 13.1. The molecule has 0 aliphatic rings. The Bertz CT molecular complexity index is 975. The molecule has 0 atom stereocenters. The van der Waals surface area contributed by atoms with E-state index < -0.39 is 15.8 Å². The van der Waals surface area contributed by atoms with Gasteiger partial charge in [-0.2, -0.15) is 0 Å². The third-order valence-electron chi connectivity index (χ3n) is 2.93. The van der Waals surface area contributed by atoms with Crippen LogP contribution in [0.3, 0.4) is 0 Å². The summed E-state index contributed by atoms with van der Waals surface area (Å²) in [5, 5.41) is 5.38. The first kappa shape index (κ1) is 13.4. The molecule has 0 bridgehead atoms. The summed E-state index contributed by atoms with van der Waals surface area (Å²) < 4.78 is 39.7. The van der Waals surface area contributed by atoms with Crippen molar-refractivity contribution in [2.75, 3.05) is 4.72 Å². The Labute approximate surface area is 118 Å².